The van der Waals surface area contributed by atoms with E-state index < -0.39 is 5.41 Å². The molecule has 0 aromatic rings. The first kappa shape index (κ1) is 15.6. The maximum Gasteiger partial charge on any atom is 0.222 e. The standard InChI is InChI=1S/C10H18N3O3Si/c1-7(14)11(4)10(17,12(5)8(2)15)13(6)9(3)16/h1-6H3. The van der Waals surface area contributed by atoms with Crippen molar-refractivity contribution in [3.05, 3.63) is 0 Å². The summed E-state index contributed by atoms with van der Waals surface area (Å²) in [6, 6.07) is 0. The van der Waals surface area contributed by atoms with Gasteiger partial charge in [-0.25, -0.2) is 0 Å². The Balaban J connectivity index is 5.58. The van der Waals surface area contributed by atoms with Crippen molar-refractivity contribution in [2.24, 2.45) is 0 Å². The molecule has 3 radical (unpaired) electrons. The van der Waals surface area contributed by atoms with Crippen LogP contribution in [-0.4, -0.2) is 69.2 Å². The van der Waals surface area contributed by atoms with Crippen LogP contribution >= 0.6 is 0 Å². The van der Waals surface area contributed by atoms with Crippen molar-refractivity contribution < 1.29 is 14.4 Å². The lowest BCUT2D eigenvalue weighted by molar-refractivity contribution is -0.163. The molecular weight excluding hydrogens is 238 g/mol. The molecule has 6 nitrogen and oxygen atoms in total. The first-order chi connectivity index (χ1) is 7.56. The highest BCUT2D eigenvalue weighted by Crippen LogP contribution is 2.19. The average Bonchev–Trinajstić information content (AvgIpc) is 2.24. The SMILES string of the molecule is CC(=O)N(C)C([Si])(N(C)C(C)=O)N(C)C(C)=O. The quantitative estimate of drug-likeness (QED) is 0.491. The van der Waals surface area contributed by atoms with Crippen LogP contribution in [0.3, 0.4) is 0 Å². The zero-order valence-corrected chi connectivity index (χ0v) is 12.1. The summed E-state index contributed by atoms with van der Waals surface area (Å²) >= 11 is 0. The molecule has 0 atom stereocenters. The Hall–Kier alpha value is -1.37. The molecule has 3 amide bonds. The van der Waals surface area contributed by atoms with Gasteiger partial charge >= 0.3 is 0 Å². The van der Waals surface area contributed by atoms with Gasteiger partial charge in [-0.05, 0) is 0 Å². The van der Waals surface area contributed by atoms with E-state index in [2.05, 4.69) is 10.2 Å². The fraction of sp³-hybridized carbons (Fsp3) is 0.700. The van der Waals surface area contributed by atoms with Gasteiger partial charge in [0.15, 0.2) is 5.41 Å². The van der Waals surface area contributed by atoms with Gasteiger partial charge in [0.25, 0.3) is 0 Å². The molecule has 17 heavy (non-hydrogen) atoms. The van der Waals surface area contributed by atoms with E-state index in [4.69, 9.17) is 0 Å². The third kappa shape index (κ3) is 2.85. The summed E-state index contributed by atoms with van der Waals surface area (Å²) in [5.74, 6) is -0.830. The Morgan fingerprint density at radius 3 is 1.06 bits per heavy atom. The first-order valence-corrected chi connectivity index (χ1v) is 5.55. The van der Waals surface area contributed by atoms with Gasteiger partial charge in [0.2, 0.25) is 17.7 Å². The molecule has 0 rings (SSSR count). The fourth-order valence-electron chi connectivity index (χ4n) is 1.33. The van der Waals surface area contributed by atoms with Crippen molar-refractivity contribution in [2.75, 3.05) is 21.1 Å². The third-order valence-corrected chi connectivity index (χ3v) is 3.83. The zero-order chi connectivity index (χ0) is 14.0. The molecule has 7 heteroatoms. The van der Waals surface area contributed by atoms with Gasteiger partial charge in [0.05, 0.1) is 0 Å². The second kappa shape index (κ2) is 5.31. The lowest BCUT2D eigenvalue weighted by Crippen LogP contribution is -2.70. The Morgan fingerprint density at radius 2 is 0.941 bits per heavy atom. The fourth-order valence-corrected chi connectivity index (χ4v) is 1.81. The van der Waals surface area contributed by atoms with E-state index in [1.54, 1.807) is 0 Å². The number of carbonyl (C=O) groups excluding carboxylic acids is 3. The predicted molar refractivity (Wildman–Crippen MR) is 63.8 cm³/mol. The van der Waals surface area contributed by atoms with Crippen LogP contribution in [-0.2, 0) is 14.4 Å². The molecule has 0 fully saturated rings. The lowest BCUT2D eigenvalue weighted by atomic mass is 10.4. The largest absolute Gasteiger partial charge is 0.310 e. The summed E-state index contributed by atoms with van der Waals surface area (Å²) in [6.07, 6.45) is 0. The smallest absolute Gasteiger partial charge is 0.222 e. The summed E-state index contributed by atoms with van der Waals surface area (Å²) in [4.78, 5) is 38.2. The van der Waals surface area contributed by atoms with Crippen LogP contribution in [0.4, 0.5) is 0 Å². The minimum Gasteiger partial charge on any atom is -0.310 e. The summed E-state index contributed by atoms with van der Waals surface area (Å²) in [5.41, 5.74) is -1.30. The Morgan fingerprint density at radius 1 is 0.765 bits per heavy atom. The molecule has 0 aliphatic carbocycles. The topological polar surface area (TPSA) is 60.9 Å². The minimum atomic E-state index is -1.30. The van der Waals surface area contributed by atoms with Crippen LogP contribution < -0.4 is 0 Å². The van der Waals surface area contributed by atoms with Gasteiger partial charge in [-0.2, -0.15) is 0 Å². The van der Waals surface area contributed by atoms with Crippen LogP contribution in [0.5, 0.6) is 0 Å². The van der Waals surface area contributed by atoms with Crippen molar-refractivity contribution in [1.29, 1.82) is 0 Å². The van der Waals surface area contributed by atoms with Gasteiger partial charge in [0, 0.05) is 41.9 Å². The van der Waals surface area contributed by atoms with E-state index in [0.29, 0.717) is 0 Å². The van der Waals surface area contributed by atoms with Crippen LogP contribution in [0.1, 0.15) is 20.8 Å². The molecule has 0 bridgehead atoms. The summed E-state index contributed by atoms with van der Waals surface area (Å²) in [5, 5.41) is 0. The highest BCUT2D eigenvalue weighted by Gasteiger charge is 2.42. The van der Waals surface area contributed by atoms with Crippen LogP contribution in [0.25, 0.3) is 0 Å². The summed E-state index contributed by atoms with van der Waals surface area (Å²) in [6.45, 7) is 4.07. The molecule has 0 saturated heterocycles. The molecule has 0 aromatic carbocycles. The number of carbonyl (C=O) groups is 3. The molecule has 0 spiro atoms. The molecule has 0 unspecified atom stereocenters. The maximum atomic E-state index is 11.5. The van der Waals surface area contributed by atoms with E-state index in [9.17, 15) is 14.4 Å². The van der Waals surface area contributed by atoms with Gasteiger partial charge in [-0.15, -0.1) is 0 Å². The van der Waals surface area contributed by atoms with Crippen molar-refractivity contribution in [2.45, 2.75) is 26.2 Å². The van der Waals surface area contributed by atoms with Crippen LogP contribution in [0.15, 0.2) is 0 Å². The third-order valence-electron chi connectivity index (χ3n) is 2.82. The van der Waals surface area contributed by atoms with E-state index in [1.807, 2.05) is 0 Å². The predicted octanol–water partition coefficient (Wildman–Crippen LogP) is -0.799. The molecule has 0 saturated carbocycles. The van der Waals surface area contributed by atoms with Crippen molar-refractivity contribution in [3.8, 4) is 0 Å². The minimum absolute atomic E-state index is 0.277. The van der Waals surface area contributed by atoms with E-state index in [0.717, 1.165) is 0 Å². The van der Waals surface area contributed by atoms with E-state index >= 15 is 0 Å². The summed E-state index contributed by atoms with van der Waals surface area (Å²) in [7, 11) is 7.88. The first-order valence-electron chi connectivity index (χ1n) is 5.05. The van der Waals surface area contributed by atoms with Gasteiger partial charge in [0.1, 0.15) is 10.2 Å². The van der Waals surface area contributed by atoms with Crippen LogP contribution in [0.2, 0.25) is 0 Å². The number of rotatable bonds is 3. The second-order valence-corrected chi connectivity index (χ2v) is 4.54. The molecule has 0 aromatic heterocycles. The Bertz CT molecular complexity index is 295. The summed E-state index contributed by atoms with van der Waals surface area (Å²) < 4.78 is 0. The van der Waals surface area contributed by atoms with Gasteiger partial charge < -0.3 is 14.7 Å². The molecule has 0 aliphatic rings. The highest BCUT2D eigenvalue weighted by atomic mass is 28.1. The zero-order valence-electron chi connectivity index (χ0n) is 11.1. The monoisotopic (exact) mass is 256 g/mol. The van der Waals surface area contributed by atoms with E-state index in [-0.39, 0.29) is 17.7 Å². The molecule has 0 aliphatic heterocycles. The number of hydrogen-bond acceptors (Lipinski definition) is 3. The van der Waals surface area contributed by atoms with Crippen molar-refractivity contribution in [3.63, 3.8) is 0 Å². The number of nitrogens with zero attached hydrogens (tertiary/aromatic N) is 3. The van der Waals surface area contributed by atoms with Gasteiger partial charge in [-0.3, -0.25) is 14.4 Å². The van der Waals surface area contributed by atoms with Crippen molar-refractivity contribution >= 4 is 28.0 Å². The maximum absolute atomic E-state index is 11.5. The Labute approximate surface area is 105 Å². The number of hydrogen-bond donors (Lipinski definition) is 0. The lowest BCUT2D eigenvalue weighted by Gasteiger charge is -2.50. The van der Waals surface area contributed by atoms with Crippen molar-refractivity contribution in [1.82, 2.24) is 14.7 Å². The molecule has 0 heterocycles. The van der Waals surface area contributed by atoms with Gasteiger partial charge in [-0.1, -0.05) is 0 Å². The van der Waals surface area contributed by atoms with E-state index in [1.165, 1.54) is 56.6 Å². The average molecular weight is 256 g/mol. The second-order valence-electron chi connectivity index (χ2n) is 3.87. The van der Waals surface area contributed by atoms with Crippen LogP contribution in [0, 0.1) is 0 Å². The molecular formula is C10H18N3O3Si. The molecule has 95 valence electrons. The highest BCUT2D eigenvalue weighted by molar-refractivity contribution is 6.18. The normalized spacial score (nSPS) is 10.8. The molecule has 0 N–H and O–H groups in total. The Kier molecular flexibility index (Phi) is 4.88. The number of amides is 3.